The molecule has 1 aromatic rings. The molecule has 1 amide bonds. The number of amides is 1. The lowest BCUT2D eigenvalue weighted by Crippen LogP contribution is -2.29. The predicted molar refractivity (Wildman–Crippen MR) is 77.5 cm³/mol. The summed E-state index contributed by atoms with van der Waals surface area (Å²) in [4.78, 5) is 14.0. The van der Waals surface area contributed by atoms with Crippen LogP contribution in [0.15, 0.2) is 30.3 Å². The van der Waals surface area contributed by atoms with E-state index in [4.69, 9.17) is 5.73 Å². The smallest absolute Gasteiger partial charge is 0.222 e. The maximum atomic E-state index is 12.0. The van der Waals surface area contributed by atoms with Crippen LogP contribution in [0.5, 0.6) is 0 Å². The number of nitrogens with two attached hydrogens (primary N) is 1. The number of hydrogen-bond donors (Lipinski definition) is 1. The Hall–Kier alpha value is -1.35. The Bertz CT molecular complexity index is 416. The minimum absolute atomic E-state index is 0.0331. The molecule has 0 saturated carbocycles. The van der Waals surface area contributed by atoms with Crippen molar-refractivity contribution in [1.29, 1.82) is 0 Å². The van der Waals surface area contributed by atoms with E-state index in [1.165, 1.54) is 0 Å². The molecule has 0 spiro atoms. The van der Waals surface area contributed by atoms with Crippen molar-refractivity contribution in [1.82, 2.24) is 4.90 Å². The van der Waals surface area contributed by atoms with Gasteiger partial charge in [0.05, 0.1) is 0 Å². The molecule has 1 fully saturated rings. The van der Waals surface area contributed by atoms with Crippen LogP contribution in [0.25, 0.3) is 0 Å². The molecular weight excluding hydrogens is 236 g/mol. The van der Waals surface area contributed by atoms with Gasteiger partial charge in [0.15, 0.2) is 0 Å². The van der Waals surface area contributed by atoms with Gasteiger partial charge in [0, 0.05) is 31.5 Å². The Morgan fingerprint density at radius 3 is 2.63 bits per heavy atom. The average molecular weight is 260 g/mol. The van der Waals surface area contributed by atoms with E-state index in [1.807, 2.05) is 35.2 Å². The number of carbonyl (C=O) groups excluding carboxylic acids is 1. The zero-order valence-corrected chi connectivity index (χ0v) is 11.9. The van der Waals surface area contributed by atoms with Crippen molar-refractivity contribution in [2.24, 2.45) is 17.6 Å². The molecule has 0 radical (unpaired) electrons. The van der Waals surface area contributed by atoms with E-state index in [-0.39, 0.29) is 17.9 Å². The summed E-state index contributed by atoms with van der Waals surface area (Å²) in [6.45, 7) is 6.05. The lowest BCUT2D eigenvalue weighted by molar-refractivity contribution is -0.127. The number of hydrogen-bond acceptors (Lipinski definition) is 2. The van der Waals surface area contributed by atoms with Gasteiger partial charge in [-0.3, -0.25) is 4.79 Å². The fourth-order valence-corrected chi connectivity index (χ4v) is 2.62. The third-order valence-corrected chi connectivity index (χ3v) is 3.91. The van der Waals surface area contributed by atoms with Gasteiger partial charge in [-0.1, -0.05) is 44.2 Å². The van der Waals surface area contributed by atoms with Crippen molar-refractivity contribution < 1.29 is 4.79 Å². The number of carbonyl (C=O) groups is 1. The molecule has 1 aliphatic heterocycles. The molecule has 0 bridgehead atoms. The van der Waals surface area contributed by atoms with Crippen LogP contribution in [0.3, 0.4) is 0 Å². The van der Waals surface area contributed by atoms with Gasteiger partial charge < -0.3 is 10.6 Å². The Morgan fingerprint density at radius 1 is 1.32 bits per heavy atom. The second-order valence-corrected chi connectivity index (χ2v) is 5.92. The van der Waals surface area contributed by atoms with Crippen molar-refractivity contribution in [2.75, 3.05) is 13.1 Å². The molecule has 0 aliphatic carbocycles. The highest BCUT2D eigenvalue weighted by molar-refractivity contribution is 5.78. The number of benzene rings is 1. The second kappa shape index (κ2) is 6.20. The van der Waals surface area contributed by atoms with Gasteiger partial charge >= 0.3 is 0 Å². The SMILES string of the molecule is CC(C)CCN1CC(C(N)c2ccccc2)CC1=O. The molecule has 1 aliphatic rings. The van der Waals surface area contributed by atoms with Gasteiger partial charge in [-0.05, 0) is 17.9 Å². The first-order valence-corrected chi connectivity index (χ1v) is 7.16. The highest BCUT2D eigenvalue weighted by atomic mass is 16.2. The van der Waals surface area contributed by atoms with Crippen LogP contribution in [-0.2, 0) is 4.79 Å². The van der Waals surface area contributed by atoms with Crippen LogP contribution in [-0.4, -0.2) is 23.9 Å². The second-order valence-electron chi connectivity index (χ2n) is 5.92. The summed E-state index contributed by atoms with van der Waals surface area (Å²) in [5, 5.41) is 0. The minimum Gasteiger partial charge on any atom is -0.342 e. The van der Waals surface area contributed by atoms with Crippen LogP contribution in [0.4, 0.5) is 0 Å². The summed E-state index contributed by atoms with van der Waals surface area (Å²) in [6, 6.07) is 10.1. The Morgan fingerprint density at radius 2 is 2.00 bits per heavy atom. The molecule has 2 rings (SSSR count). The fraction of sp³-hybridized carbons (Fsp3) is 0.562. The van der Waals surface area contributed by atoms with Crippen molar-refractivity contribution in [2.45, 2.75) is 32.7 Å². The number of nitrogens with zero attached hydrogens (tertiary/aromatic N) is 1. The van der Waals surface area contributed by atoms with Crippen LogP contribution in [0.1, 0.15) is 38.3 Å². The van der Waals surface area contributed by atoms with Crippen LogP contribution in [0, 0.1) is 11.8 Å². The Labute approximate surface area is 115 Å². The molecule has 104 valence electrons. The molecular formula is C16H24N2O. The third kappa shape index (κ3) is 3.57. The molecule has 0 aromatic heterocycles. The van der Waals surface area contributed by atoms with Gasteiger partial charge in [-0.15, -0.1) is 0 Å². The zero-order chi connectivity index (χ0) is 13.8. The van der Waals surface area contributed by atoms with E-state index >= 15 is 0 Å². The molecule has 1 heterocycles. The molecule has 3 nitrogen and oxygen atoms in total. The highest BCUT2D eigenvalue weighted by Crippen LogP contribution is 2.29. The maximum Gasteiger partial charge on any atom is 0.222 e. The third-order valence-electron chi connectivity index (χ3n) is 3.91. The van der Waals surface area contributed by atoms with Gasteiger partial charge in [-0.25, -0.2) is 0 Å². The molecule has 1 aromatic carbocycles. The Kier molecular flexibility index (Phi) is 4.59. The largest absolute Gasteiger partial charge is 0.342 e. The quantitative estimate of drug-likeness (QED) is 0.884. The van der Waals surface area contributed by atoms with Crippen LogP contribution < -0.4 is 5.73 Å². The van der Waals surface area contributed by atoms with E-state index in [0.29, 0.717) is 12.3 Å². The first-order valence-electron chi connectivity index (χ1n) is 7.16. The van der Waals surface area contributed by atoms with Gasteiger partial charge in [-0.2, -0.15) is 0 Å². The fourth-order valence-electron chi connectivity index (χ4n) is 2.62. The monoisotopic (exact) mass is 260 g/mol. The summed E-state index contributed by atoms with van der Waals surface area (Å²) in [5.41, 5.74) is 7.43. The molecule has 19 heavy (non-hydrogen) atoms. The average Bonchev–Trinajstić information content (AvgIpc) is 2.78. The van der Waals surface area contributed by atoms with E-state index in [0.717, 1.165) is 25.1 Å². The molecule has 2 unspecified atom stereocenters. The van der Waals surface area contributed by atoms with Crippen molar-refractivity contribution in [3.8, 4) is 0 Å². The molecule has 2 N–H and O–H groups in total. The minimum atomic E-state index is -0.0331. The lowest BCUT2D eigenvalue weighted by Gasteiger charge is -2.21. The Balaban J connectivity index is 1.95. The van der Waals surface area contributed by atoms with E-state index in [2.05, 4.69) is 13.8 Å². The summed E-state index contributed by atoms with van der Waals surface area (Å²) in [6.07, 6.45) is 1.66. The summed E-state index contributed by atoms with van der Waals surface area (Å²) < 4.78 is 0. The maximum absolute atomic E-state index is 12.0. The van der Waals surface area contributed by atoms with Crippen molar-refractivity contribution >= 4 is 5.91 Å². The van der Waals surface area contributed by atoms with Crippen molar-refractivity contribution in [3.05, 3.63) is 35.9 Å². The summed E-state index contributed by atoms with van der Waals surface area (Å²) in [5.74, 6) is 1.15. The zero-order valence-electron chi connectivity index (χ0n) is 11.9. The van der Waals surface area contributed by atoms with Gasteiger partial charge in [0.25, 0.3) is 0 Å². The first kappa shape index (κ1) is 14.1. The summed E-state index contributed by atoms with van der Waals surface area (Å²) in [7, 11) is 0. The standard InChI is InChI=1S/C16H24N2O/c1-12(2)8-9-18-11-14(10-15(18)19)16(17)13-6-4-3-5-7-13/h3-7,12,14,16H,8-11,17H2,1-2H3. The normalized spacial score (nSPS) is 21.2. The van der Waals surface area contributed by atoms with Crippen LogP contribution >= 0.6 is 0 Å². The summed E-state index contributed by atoms with van der Waals surface area (Å²) >= 11 is 0. The van der Waals surface area contributed by atoms with Crippen LogP contribution in [0.2, 0.25) is 0 Å². The molecule has 2 atom stereocenters. The topological polar surface area (TPSA) is 46.3 Å². The van der Waals surface area contributed by atoms with E-state index in [9.17, 15) is 4.79 Å². The predicted octanol–water partition coefficient (Wildman–Crippen LogP) is 2.58. The van der Waals surface area contributed by atoms with Gasteiger partial charge in [0.1, 0.15) is 0 Å². The lowest BCUT2D eigenvalue weighted by atomic mass is 9.93. The van der Waals surface area contributed by atoms with E-state index in [1.54, 1.807) is 0 Å². The van der Waals surface area contributed by atoms with Crippen molar-refractivity contribution in [3.63, 3.8) is 0 Å². The number of likely N-dealkylation sites (tertiary alicyclic amines) is 1. The number of rotatable bonds is 5. The molecule has 3 heteroatoms. The van der Waals surface area contributed by atoms with E-state index < -0.39 is 0 Å². The molecule has 1 saturated heterocycles. The van der Waals surface area contributed by atoms with Gasteiger partial charge in [0.2, 0.25) is 5.91 Å². The highest BCUT2D eigenvalue weighted by Gasteiger charge is 2.33. The first-order chi connectivity index (χ1) is 9.08.